The topological polar surface area (TPSA) is 58.2 Å². The van der Waals surface area contributed by atoms with Crippen molar-refractivity contribution in [2.75, 3.05) is 25.4 Å². The molecule has 0 atom stereocenters. The lowest BCUT2D eigenvalue weighted by molar-refractivity contribution is 0.578. The summed E-state index contributed by atoms with van der Waals surface area (Å²) in [5, 5.41) is 2.96. The van der Waals surface area contributed by atoms with Gasteiger partial charge in [-0.15, -0.1) is 11.8 Å². The van der Waals surface area contributed by atoms with Gasteiger partial charge in [-0.1, -0.05) is 6.92 Å². The Balaban J connectivity index is 3.65. The van der Waals surface area contributed by atoms with Crippen LogP contribution in [-0.2, 0) is 10.0 Å². The standard InChI is InChI=1S/C9H18N2O2S/c1-3-5-6-7-11-14(12,13)9-8-10-4-2/h10-11H,4,6-9H2,1-2H3. The molecule has 0 amide bonds. The zero-order valence-corrected chi connectivity index (χ0v) is 9.58. The van der Waals surface area contributed by atoms with Gasteiger partial charge < -0.3 is 5.32 Å². The number of sulfonamides is 1. The van der Waals surface area contributed by atoms with Crippen molar-refractivity contribution in [3.8, 4) is 11.8 Å². The summed E-state index contributed by atoms with van der Waals surface area (Å²) in [5.41, 5.74) is 0. The monoisotopic (exact) mass is 218 g/mol. The van der Waals surface area contributed by atoms with Gasteiger partial charge in [0.15, 0.2) is 0 Å². The summed E-state index contributed by atoms with van der Waals surface area (Å²) in [6.07, 6.45) is 0.566. The highest BCUT2D eigenvalue weighted by Crippen LogP contribution is 1.83. The van der Waals surface area contributed by atoms with Crippen LogP contribution in [0.3, 0.4) is 0 Å². The summed E-state index contributed by atoms with van der Waals surface area (Å²) < 4.78 is 25.0. The van der Waals surface area contributed by atoms with Gasteiger partial charge >= 0.3 is 0 Å². The first kappa shape index (κ1) is 13.4. The summed E-state index contributed by atoms with van der Waals surface area (Å²) in [6, 6.07) is 0. The summed E-state index contributed by atoms with van der Waals surface area (Å²) in [7, 11) is -3.11. The first-order valence-electron chi connectivity index (χ1n) is 4.70. The molecule has 0 spiro atoms. The van der Waals surface area contributed by atoms with Crippen molar-refractivity contribution in [1.82, 2.24) is 10.0 Å². The predicted molar refractivity (Wildman–Crippen MR) is 58.4 cm³/mol. The molecule has 82 valence electrons. The van der Waals surface area contributed by atoms with E-state index in [1.165, 1.54) is 0 Å². The largest absolute Gasteiger partial charge is 0.316 e. The Hall–Kier alpha value is -0.570. The smallest absolute Gasteiger partial charge is 0.212 e. The maximum Gasteiger partial charge on any atom is 0.212 e. The highest BCUT2D eigenvalue weighted by molar-refractivity contribution is 7.89. The van der Waals surface area contributed by atoms with Crippen LogP contribution >= 0.6 is 0 Å². The van der Waals surface area contributed by atoms with Gasteiger partial charge in [0, 0.05) is 19.5 Å². The van der Waals surface area contributed by atoms with Gasteiger partial charge in [-0.25, -0.2) is 13.1 Å². The van der Waals surface area contributed by atoms with Crippen molar-refractivity contribution in [1.29, 1.82) is 0 Å². The molecule has 5 heteroatoms. The van der Waals surface area contributed by atoms with Crippen molar-refractivity contribution >= 4 is 10.0 Å². The fourth-order valence-corrected chi connectivity index (χ4v) is 1.82. The van der Waals surface area contributed by atoms with Gasteiger partial charge in [-0.2, -0.15) is 0 Å². The van der Waals surface area contributed by atoms with E-state index in [1.807, 2.05) is 6.92 Å². The molecule has 14 heavy (non-hydrogen) atoms. The number of rotatable bonds is 7. The molecule has 0 rings (SSSR count). The Morgan fingerprint density at radius 1 is 1.29 bits per heavy atom. The molecular weight excluding hydrogens is 200 g/mol. The van der Waals surface area contributed by atoms with Crippen LogP contribution in [0.1, 0.15) is 20.3 Å². The SMILES string of the molecule is CC#CCCNS(=O)(=O)CCNCC. The molecular formula is C9H18N2O2S. The molecule has 4 nitrogen and oxygen atoms in total. The molecule has 0 heterocycles. The third-order valence-electron chi connectivity index (χ3n) is 1.55. The van der Waals surface area contributed by atoms with E-state index in [1.54, 1.807) is 6.92 Å². The van der Waals surface area contributed by atoms with E-state index in [9.17, 15) is 8.42 Å². The van der Waals surface area contributed by atoms with E-state index < -0.39 is 10.0 Å². The van der Waals surface area contributed by atoms with Gasteiger partial charge in [0.1, 0.15) is 0 Å². The van der Waals surface area contributed by atoms with Crippen LogP contribution in [0.15, 0.2) is 0 Å². The maximum atomic E-state index is 11.3. The fourth-order valence-electron chi connectivity index (χ4n) is 0.850. The highest BCUT2D eigenvalue weighted by atomic mass is 32.2. The van der Waals surface area contributed by atoms with Crippen LogP contribution in [0.4, 0.5) is 0 Å². The van der Waals surface area contributed by atoms with E-state index in [2.05, 4.69) is 21.9 Å². The molecule has 2 N–H and O–H groups in total. The lowest BCUT2D eigenvalue weighted by atomic mass is 10.4. The van der Waals surface area contributed by atoms with Gasteiger partial charge in [-0.05, 0) is 13.5 Å². The first-order chi connectivity index (χ1) is 6.62. The van der Waals surface area contributed by atoms with Crippen molar-refractivity contribution in [3.63, 3.8) is 0 Å². The number of hydrogen-bond donors (Lipinski definition) is 2. The average Bonchev–Trinajstić information content (AvgIpc) is 2.13. The second kappa shape index (κ2) is 7.80. The zero-order chi connectivity index (χ0) is 10.9. The minimum absolute atomic E-state index is 0.125. The van der Waals surface area contributed by atoms with Crippen LogP contribution in [0.5, 0.6) is 0 Å². The molecule has 0 radical (unpaired) electrons. The van der Waals surface area contributed by atoms with Crippen molar-refractivity contribution in [3.05, 3.63) is 0 Å². The first-order valence-corrected chi connectivity index (χ1v) is 6.35. The highest BCUT2D eigenvalue weighted by Gasteiger charge is 2.07. The molecule has 0 aromatic carbocycles. The molecule has 0 fully saturated rings. The lowest BCUT2D eigenvalue weighted by Gasteiger charge is -2.04. The van der Waals surface area contributed by atoms with Gasteiger partial charge in [0.2, 0.25) is 10.0 Å². The Labute approximate surface area is 86.5 Å². The second-order valence-electron chi connectivity index (χ2n) is 2.74. The van der Waals surface area contributed by atoms with Crippen LogP contribution in [0, 0.1) is 11.8 Å². The number of nitrogens with one attached hydrogen (secondary N) is 2. The van der Waals surface area contributed by atoms with Gasteiger partial charge in [0.05, 0.1) is 5.75 Å². The third kappa shape index (κ3) is 8.05. The Morgan fingerprint density at radius 3 is 2.57 bits per heavy atom. The molecule has 0 aromatic heterocycles. The molecule has 0 aliphatic rings. The van der Waals surface area contributed by atoms with Crippen molar-refractivity contribution in [2.45, 2.75) is 20.3 Å². The van der Waals surface area contributed by atoms with E-state index in [4.69, 9.17) is 0 Å². The zero-order valence-electron chi connectivity index (χ0n) is 8.76. The minimum Gasteiger partial charge on any atom is -0.316 e. The summed E-state index contributed by atoms with van der Waals surface area (Å²) in [4.78, 5) is 0. The molecule has 0 saturated carbocycles. The molecule has 0 aliphatic heterocycles. The van der Waals surface area contributed by atoms with Crippen molar-refractivity contribution < 1.29 is 8.42 Å². The fraction of sp³-hybridized carbons (Fsp3) is 0.778. The average molecular weight is 218 g/mol. The Kier molecular flexibility index (Phi) is 7.48. The summed E-state index contributed by atoms with van der Waals surface area (Å²) in [5.74, 6) is 5.63. The lowest BCUT2D eigenvalue weighted by Crippen LogP contribution is -2.32. The summed E-state index contributed by atoms with van der Waals surface area (Å²) >= 11 is 0. The van der Waals surface area contributed by atoms with E-state index in [0.717, 1.165) is 6.54 Å². The Morgan fingerprint density at radius 2 is 2.00 bits per heavy atom. The number of hydrogen-bond acceptors (Lipinski definition) is 3. The molecule has 0 aromatic rings. The Bertz CT molecular complexity index is 288. The second-order valence-corrected chi connectivity index (χ2v) is 4.67. The van der Waals surface area contributed by atoms with Crippen LogP contribution in [0.2, 0.25) is 0 Å². The molecule has 0 aliphatic carbocycles. The predicted octanol–water partition coefficient (Wildman–Crippen LogP) is -0.0713. The molecule has 0 saturated heterocycles. The van der Waals surface area contributed by atoms with E-state index in [-0.39, 0.29) is 5.75 Å². The maximum absolute atomic E-state index is 11.3. The van der Waals surface area contributed by atoms with E-state index >= 15 is 0 Å². The normalized spacial score (nSPS) is 10.7. The molecule has 0 unspecified atom stereocenters. The van der Waals surface area contributed by atoms with Crippen LogP contribution < -0.4 is 10.0 Å². The minimum atomic E-state index is -3.11. The van der Waals surface area contributed by atoms with Gasteiger partial charge in [0.25, 0.3) is 0 Å². The third-order valence-corrected chi connectivity index (χ3v) is 2.93. The van der Waals surface area contributed by atoms with Crippen molar-refractivity contribution in [2.24, 2.45) is 0 Å². The van der Waals surface area contributed by atoms with Gasteiger partial charge in [-0.3, -0.25) is 0 Å². The van der Waals surface area contributed by atoms with Crippen LogP contribution in [0.25, 0.3) is 0 Å². The summed E-state index contributed by atoms with van der Waals surface area (Å²) in [6.45, 7) is 5.36. The molecule has 0 bridgehead atoms. The van der Waals surface area contributed by atoms with Crippen LogP contribution in [-0.4, -0.2) is 33.8 Å². The van der Waals surface area contributed by atoms with E-state index in [0.29, 0.717) is 19.5 Å². The quantitative estimate of drug-likeness (QED) is 0.464.